The quantitative estimate of drug-likeness (QED) is 0.427. The van der Waals surface area contributed by atoms with Crippen molar-refractivity contribution >= 4 is 34.6 Å². The molecule has 0 N–H and O–H groups in total. The van der Waals surface area contributed by atoms with E-state index in [1.807, 2.05) is 0 Å². The van der Waals surface area contributed by atoms with Crippen molar-refractivity contribution in [3.05, 3.63) is 103 Å². The predicted molar refractivity (Wildman–Crippen MR) is 125 cm³/mol. The summed E-state index contributed by atoms with van der Waals surface area (Å²) in [7, 11) is 3.69. The van der Waals surface area contributed by atoms with E-state index in [4.69, 9.17) is 0 Å². The summed E-state index contributed by atoms with van der Waals surface area (Å²) < 4.78 is 0. The Balaban J connectivity index is 2.02. The Labute approximate surface area is 169 Å². The maximum atomic E-state index is 2.33. The molecule has 2 heteroatoms. The third-order valence-corrected chi connectivity index (χ3v) is 7.89. The van der Waals surface area contributed by atoms with Crippen LogP contribution in [0.1, 0.15) is 18.5 Å². The van der Waals surface area contributed by atoms with Gasteiger partial charge in [0.05, 0.1) is 0 Å². The van der Waals surface area contributed by atoms with E-state index in [-0.39, 0.29) is 0 Å². The molecule has 0 amide bonds. The van der Waals surface area contributed by atoms with Gasteiger partial charge in [0.25, 0.3) is 0 Å². The first-order valence-electron chi connectivity index (χ1n) is 9.75. The largest absolute Gasteiger partial charge is 0.303 e. The van der Waals surface area contributed by atoms with Gasteiger partial charge in [-0.25, -0.2) is 0 Å². The second-order valence-corrected chi connectivity index (χ2v) is 9.55. The second kappa shape index (κ2) is 8.27. The summed E-state index contributed by atoms with van der Waals surface area (Å²) in [6.45, 7) is 2.29. The smallest absolute Gasteiger partial charge is 0.0320 e. The number of nitrogens with zero attached hydrogens (tertiary/aromatic N) is 1. The van der Waals surface area contributed by atoms with Gasteiger partial charge in [0.2, 0.25) is 0 Å². The van der Waals surface area contributed by atoms with E-state index in [1.165, 1.54) is 32.2 Å². The average molecular weight is 383 g/mol. The van der Waals surface area contributed by atoms with Crippen LogP contribution >= 0.6 is 7.92 Å². The molecule has 0 radical (unpaired) electrons. The maximum absolute atomic E-state index is 2.33. The molecule has 4 aromatic rings. The predicted octanol–water partition coefficient (Wildman–Crippen LogP) is 5.22. The minimum Gasteiger partial charge on any atom is -0.303 e. The lowest BCUT2D eigenvalue weighted by Crippen LogP contribution is -2.23. The lowest BCUT2D eigenvalue weighted by atomic mass is 9.99. The van der Waals surface area contributed by atoms with E-state index in [0.717, 1.165) is 0 Å². The highest BCUT2D eigenvalue weighted by Crippen LogP contribution is 2.38. The molecule has 0 aromatic heterocycles. The molecule has 0 aliphatic heterocycles. The van der Waals surface area contributed by atoms with E-state index >= 15 is 0 Å². The van der Waals surface area contributed by atoms with Gasteiger partial charge in [-0.05, 0) is 61.2 Å². The highest BCUT2D eigenvalue weighted by atomic mass is 31.1. The van der Waals surface area contributed by atoms with Crippen LogP contribution in [0.2, 0.25) is 0 Å². The Kier molecular flexibility index (Phi) is 5.57. The molecule has 0 spiro atoms. The molecule has 0 heterocycles. The van der Waals surface area contributed by atoms with E-state index in [1.54, 1.807) is 0 Å². The van der Waals surface area contributed by atoms with Crippen LogP contribution in [0.4, 0.5) is 0 Å². The fourth-order valence-corrected chi connectivity index (χ4v) is 6.26. The first-order valence-corrected chi connectivity index (χ1v) is 11.1. The van der Waals surface area contributed by atoms with Crippen molar-refractivity contribution in [2.24, 2.45) is 0 Å². The third-order valence-electron chi connectivity index (χ3n) is 5.41. The van der Waals surface area contributed by atoms with Crippen LogP contribution in [0.25, 0.3) is 10.8 Å². The summed E-state index contributed by atoms with van der Waals surface area (Å²) in [5.74, 6) is 0. The molecule has 0 saturated heterocycles. The summed E-state index contributed by atoms with van der Waals surface area (Å²) in [5, 5.41) is 6.95. The van der Waals surface area contributed by atoms with Crippen molar-refractivity contribution in [2.45, 2.75) is 13.0 Å². The minimum absolute atomic E-state index is 0.355. The van der Waals surface area contributed by atoms with E-state index < -0.39 is 7.92 Å². The molecule has 0 bridgehead atoms. The van der Waals surface area contributed by atoms with Crippen molar-refractivity contribution in [1.82, 2.24) is 4.90 Å². The summed E-state index contributed by atoms with van der Waals surface area (Å²) >= 11 is 0. The van der Waals surface area contributed by atoms with Crippen LogP contribution in [0.15, 0.2) is 97.1 Å². The number of hydrogen-bond donors (Lipinski definition) is 0. The van der Waals surface area contributed by atoms with Gasteiger partial charge in [-0.2, -0.15) is 0 Å². The molecule has 1 nitrogen and oxygen atoms in total. The van der Waals surface area contributed by atoms with Crippen LogP contribution in [0.3, 0.4) is 0 Å². The lowest BCUT2D eigenvalue weighted by Gasteiger charge is -2.26. The van der Waals surface area contributed by atoms with Crippen molar-refractivity contribution in [1.29, 1.82) is 0 Å². The highest BCUT2D eigenvalue weighted by molar-refractivity contribution is 7.80. The summed E-state index contributed by atoms with van der Waals surface area (Å²) in [6.07, 6.45) is 0. The minimum atomic E-state index is -0.625. The SMILES string of the molecule is CC(c1cccc2cccc(P(c3ccccc3)c3ccccc3)c12)N(C)C. The molecular weight excluding hydrogens is 357 g/mol. The zero-order chi connectivity index (χ0) is 19.5. The van der Waals surface area contributed by atoms with E-state index in [0.29, 0.717) is 6.04 Å². The molecule has 4 aromatic carbocycles. The van der Waals surface area contributed by atoms with Crippen molar-refractivity contribution < 1.29 is 0 Å². The first kappa shape index (κ1) is 18.9. The van der Waals surface area contributed by atoms with Crippen molar-refractivity contribution in [3.8, 4) is 0 Å². The summed E-state index contributed by atoms with van der Waals surface area (Å²) in [6, 6.07) is 35.8. The van der Waals surface area contributed by atoms with Gasteiger partial charge < -0.3 is 4.90 Å². The molecule has 0 aliphatic carbocycles. The van der Waals surface area contributed by atoms with Gasteiger partial charge in [0.1, 0.15) is 0 Å². The Bertz CT molecular complexity index is 1010. The molecule has 0 fully saturated rings. The molecule has 1 atom stereocenters. The average Bonchev–Trinajstić information content (AvgIpc) is 2.74. The molecular formula is C26H26NP. The third kappa shape index (κ3) is 3.61. The monoisotopic (exact) mass is 383 g/mol. The molecule has 140 valence electrons. The molecule has 0 aliphatic rings. The van der Waals surface area contributed by atoms with Gasteiger partial charge in [0.15, 0.2) is 0 Å². The van der Waals surface area contributed by atoms with Gasteiger partial charge in [-0.3, -0.25) is 0 Å². The molecule has 1 unspecified atom stereocenters. The number of benzene rings is 4. The summed E-state index contributed by atoms with van der Waals surface area (Å²) in [4.78, 5) is 2.29. The Morgan fingerprint density at radius 1 is 0.643 bits per heavy atom. The number of rotatable bonds is 5. The molecule has 28 heavy (non-hydrogen) atoms. The fraction of sp³-hybridized carbons (Fsp3) is 0.154. The van der Waals surface area contributed by atoms with Crippen LogP contribution in [0.5, 0.6) is 0 Å². The topological polar surface area (TPSA) is 3.24 Å². The van der Waals surface area contributed by atoms with Crippen LogP contribution in [0, 0.1) is 0 Å². The maximum Gasteiger partial charge on any atom is 0.0320 e. The Morgan fingerprint density at radius 3 is 1.71 bits per heavy atom. The van der Waals surface area contributed by atoms with Crippen molar-refractivity contribution in [2.75, 3.05) is 14.1 Å². The lowest BCUT2D eigenvalue weighted by molar-refractivity contribution is 0.323. The van der Waals surface area contributed by atoms with Gasteiger partial charge in [0, 0.05) is 6.04 Å². The van der Waals surface area contributed by atoms with Gasteiger partial charge >= 0.3 is 0 Å². The second-order valence-electron chi connectivity index (χ2n) is 7.37. The molecule has 4 rings (SSSR count). The zero-order valence-corrected chi connectivity index (χ0v) is 17.6. The van der Waals surface area contributed by atoms with E-state index in [2.05, 4.69) is 123 Å². The summed E-state index contributed by atoms with van der Waals surface area (Å²) in [5.41, 5.74) is 1.40. The van der Waals surface area contributed by atoms with Crippen LogP contribution in [-0.2, 0) is 0 Å². The van der Waals surface area contributed by atoms with E-state index in [9.17, 15) is 0 Å². The molecule has 0 saturated carbocycles. The van der Waals surface area contributed by atoms with Crippen LogP contribution < -0.4 is 15.9 Å². The van der Waals surface area contributed by atoms with Crippen LogP contribution in [-0.4, -0.2) is 19.0 Å². The standard InChI is InChI=1S/C26H26NP/c1-20(27(2)3)24-18-10-12-21-13-11-19-25(26(21)24)28(22-14-6-4-7-15-22)23-16-8-5-9-17-23/h4-20H,1-3H3. The van der Waals surface area contributed by atoms with Gasteiger partial charge in [-0.1, -0.05) is 97.1 Å². The highest BCUT2D eigenvalue weighted by Gasteiger charge is 2.21. The number of fused-ring (bicyclic) bond motifs is 1. The van der Waals surface area contributed by atoms with Gasteiger partial charge in [-0.15, -0.1) is 0 Å². The normalized spacial score (nSPS) is 12.6. The first-order chi connectivity index (χ1) is 13.7. The van der Waals surface area contributed by atoms with Crippen molar-refractivity contribution in [3.63, 3.8) is 0 Å². The fourth-order valence-electron chi connectivity index (χ4n) is 3.74. The Morgan fingerprint density at radius 2 is 1.18 bits per heavy atom. The number of hydrogen-bond acceptors (Lipinski definition) is 1. The Hall–Kier alpha value is -2.47. The zero-order valence-electron chi connectivity index (χ0n) is 16.7.